The molecule has 5 heteroatoms. The first-order chi connectivity index (χ1) is 8.26. The highest BCUT2D eigenvalue weighted by Crippen LogP contribution is 2.08. The van der Waals surface area contributed by atoms with Gasteiger partial charge in [0.2, 0.25) is 0 Å². The van der Waals surface area contributed by atoms with E-state index in [1.54, 1.807) is 7.11 Å². The third kappa shape index (κ3) is 6.27. The monoisotopic (exact) mass is 274 g/mol. The number of hydrogen-bond acceptors (Lipinski definition) is 4. The van der Waals surface area contributed by atoms with E-state index in [0.29, 0.717) is 5.15 Å². The SMILES string of the molecule is COCCN(CCSC)Cc1ccc(Cl)nc1. The summed E-state index contributed by atoms with van der Waals surface area (Å²) in [7, 11) is 1.73. The summed E-state index contributed by atoms with van der Waals surface area (Å²) in [5.74, 6) is 1.13. The number of pyridine rings is 1. The molecule has 0 aliphatic heterocycles. The molecule has 1 heterocycles. The summed E-state index contributed by atoms with van der Waals surface area (Å²) in [5.41, 5.74) is 1.19. The Morgan fingerprint density at radius 2 is 2.24 bits per heavy atom. The third-order valence-corrected chi connectivity index (χ3v) is 3.23. The van der Waals surface area contributed by atoms with Gasteiger partial charge in [-0.2, -0.15) is 11.8 Å². The summed E-state index contributed by atoms with van der Waals surface area (Å²) in [6, 6.07) is 3.86. The van der Waals surface area contributed by atoms with Gasteiger partial charge in [0.1, 0.15) is 5.15 Å². The highest BCUT2D eigenvalue weighted by Gasteiger charge is 2.05. The van der Waals surface area contributed by atoms with Gasteiger partial charge in [-0.05, 0) is 17.9 Å². The van der Waals surface area contributed by atoms with Crippen molar-refractivity contribution in [1.29, 1.82) is 0 Å². The first-order valence-corrected chi connectivity index (χ1v) is 7.34. The minimum atomic E-state index is 0.543. The molecule has 1 aromatic rings. The largest absolute Gasteiger partial charge is 0.383 e. The summed E-state index contributed by atoms with van der Waals surface area (Å²) >= 11 is 7.62. The van der Waals surface area contributed by atoms with Crippen LogP contribution in [-0.2, 0) is 11.3 Å². The molecular weight excluding hydrogens is 256 g/mol. The number of halogens is 1. The number of aromatic nitrogens is 1. The Bertz CT molecular complexity index is 300. The molecule has 0 radical (unpaired) electrons. The second kappa shape index (κ2) is 8.75. The molecular formula is C12H19ClN2OS. The zero-order valence-electron chi connectivity index (χ0n) is 10.4. The lowest BCUT2D eigenvalue weighted by molar-refractivity contribution is 0.148. The summed E-state index contributed by atoms with van der Waals surface area (Å²) in [4.78, 5) is 6.46. The molecule has 1 aromatic heterocycles. The number of rotatable bonds is 8. The van der Waals surface area contributed by atoms with Crippen LogP contribution in [0.4, 0.5) is 0 Å². The van der Waals surface area contributed by atoms with Gasteiger partial charge < -0.3 is 4.74 Å². The van der Waals surface area contributed by atoms with Gasteiger partial charge >= 0.3 is 0 Å². The Morgan fingerprint density at radius 1 is 1.41 bits per heavy atom. The van der Waals surface area contributed by atoms with Crippen LogP contribution in [0.3, 0.4) is 0 Å². The van der Waals surface area contributed by atoms with Crippen molar-refractivity contribution >= 4 is 23.4 Å². The Hall–Kier alpha value is -0.290. The molecule has 0 saturated carbocycles. The average molecular weight is 275 g/mol. The fourth-order valence-electron chi connectivity index (χ4n) is 1.47. The van der Waals surface area contributed by atoms with Crippen LogP contribution < -0.4 is 0 Å². The van der Waals surface area contributed by atoms with Crippen LogP contribution in [0.2, 0.25) is 5.15 Å². The topological polar surface area (TPSA) is 25.4 Å². The van der Waals surface area contributed by atoms with Gasteiger partial charge in [0.15, 0.2) is 0 Å². The van der Waals surface area contributed by atoms with Crippen molar-refractivity contribution in [1.82, 2.24) is 9.88 Å². The molecule has 0 amide bonds. The molecule has 0 spiro atoms. The number of methoxy groups -OCH3 is 1. The first-order valence-electron chi connectivity index (χ1n) is 5.57. The second-order valence-electron chi connectivity index (χ2n) is 3.75. The van der Waals surface area contributed by atoms with Crippen molar-refractivity contribution < 1.29 is 4.74 Å². The van der Waals surface area contributed by atoms with Crippen LogP contribution in [-0.4, -0.2) is 48.7 Å². The fraction of sp³-hybridized carbons (Fsp3) is 0.583. The minimum absolute atomic E-state index is 0.543. The van der Waals surface area contributed by atoms with Crippen molar-refractivity contribution in [2.24, 2.45) is 0 Å². The summed E-state index contributed by atoms with van der Waals surface area (Å²) in [6.45, 7) is 3.66. The van der Waals surface area contributed by atoms with Crippen LogP contribution in [0, 0.1) is 0 Å². The van der Waals surface area contributed by atoms with E-state index in [2.05, 4.69) is 16.1 Å². The second-order valence-corrected chi connectivity index (χ2v) is 5.12. The maximum atomic E-state index is 5.77. The molecule has 17 heavy (non-hydrogen) atoms. The van der Waals surface area contributed by atoms with Crippen LogP contribution in [0.25, 0.3) is 0 Å². The highest BCUT2D eigenvalue weighted by atomic mass is 35.5. The van der Waals surface area contributed by atoms with E-state index < -0.39 is 0 Å². The zero-order valence-corrected chi connectivity index (χ0v) is 11.9. The molecule has 0 unspecified atom stereocenters. The van der Waals surface area contributed by atoms with Crippen molar-refractivity contribution in [3.05, 3.63) is 29.0 Å². The lowest BCUT2D eigenvalue weighted by atomic mass is 10.2. The van der Waals surface area contributed by atoms with Crippen molar-refractivity contribution in [2.45, 2.75) is 6.54 Å². The lowest BCUT2D eigenvalue weighted by Gasteiger charge is -2.21. The summed E-state index contributed by atoms with van der Waals surface area (Å²) < 4.78 is 5.12. The van der Waals surface area contributed by atoms with E-state index in [-0.39, 0.29) is 0 Å². The molecule has 96 valence electrons. The van der Waals surface area contributed by atoms with E-state index in [1.165, 1.54) is 5.56 Å². The minimum Gasteiger partial charge on any atom is -0.383 e. The number of ether oxygens (including phenoxy) is 1. The van der Waals surface area contributed by atoms with Gasteiger partial charge in [0.05, 0.1) is 6.61 Å². The predicted molar refractivity (Wildman–Crippen MR) is 74.8 cm³/mol. The van der Waals surface area contributed by atoms with Gasteiger partial charge in [0, 0.05) is 38.7 Å². The smallest absolute Gasteiger partial charge is 0.129 e. The van der Waals surface area contributed by atoms with Gasteiger partial charge in [0.25, 0.3) is 0 Å². The quantitative estimate of drug-likeness (QED) is 0.681. The average Bonchev–Trinajstić information content (AvgIpc) is 2.35. The van der Waals surface area contributed by atoms with Gasteiger partial charge in [-0.3, -0.25) is 4.90 Å². The van der Waals surface area contributed by atoms with E-state index in [9.17, 15) is 0 Å². The molecule has 0 aliphatic carbocycles. The molecule has 0 atom stereocenters. The molecule has 3 nitrogen and oxygen atoms in total. The summed E-state index contributed by atoms with van der Waals surface area (Å²) in [6.07, 6.45) is 3.96. The summed E-state index contributed by atoms with van der Waals surface area (Å²) in [5, 5.41) is 0.543. The van der Waals surface area contributed by atoms with Crippen molar-refractivity contribution in [2.75, 3.05) is 38.8 Å². The number of hydrogen-bond donors (Lipinski definition) is 0. The number of thioether (sulfide) groups is 1. The van der Waals surface area contributed by atoms with Crippen LogP contribution in [0.1, 0.15) is 5.56 Å². The van der Waals surface area contributed by atoms with Crippen LogP contribution in [0.5, 0.6) is 0 Å². The molecule has 0 N–H and O–H groups in total. The molecule has 1 rings (SSSR count). The van der Waals surface area contributed by atoms with Crippen molar-refractivity contribution in [3.63, 3.8) is 0 Å². The van der Waals surface area contributed by atoms with Gasteiger partial charge in [-0.15, -0.1) is 0 Å². The molecule has 0 aliphatic rings. The molecule has 0 aromatic carbocycles. The molecule has 0 bridgehead atoms. The van der Waals surface area contributed by atoms with E-state index in [4.69, 9.17) is 16.3 Å². The van der Waals surface area contributed by atoms with Gasteiger partial charge in [-0.25, -0.2) is 4.98 Å². The Balaban J connectivity index is 2.48. The van der Waals surface area contributed by atoms with Crippen molar-refractivity contribution in [3.8, 4) is 0 Å². The fourth-order valence-corrected chi connectivity index (χ4v) is 2.02. The number of nitrogens with zero attached hydrogens (tertiary/aromatic N) is 2. The first kappa shape index (κ1) is 14.8. The Kier molecular flexibility index (Phi) is 7.60. The lowest BCUT2D eigenvalue weighted by Crippen LogP contribution is -2.29. The van der Waals surface area contributed by atoms with Crippen LogP contribution >= 0.6 is 23.4 Å². The Labute approximate surface area is 113 Å². The molecule has 0 saturated heterocycles. The maximum Gasteiger partial charge on any atom is 0.129 e. The van der Waals surface area contributed by atoms with Gasteiger partial charge in [-0.1, -0.05) is 17.7 Å². The normalized spacial score (nSPS) is 11.1. The Morgan fingerprint density at radius 3 is 2.82 bits per heavy atom. The van der Waals surface area contributed by atoms with E-state index in [1.807, 2.05) is 30.1 Å². The van der Waals surface area contributed by atoms with Crippen LogP contribution in [0.15, 0.2) is 18.3 Å². The van der Waals surface area contributed by atoms with E-state index >= 15 is 0 Å². The highest BCUT2D eigenvalue weighted by molar-refractivity contribution is 7.98. The standard InChI is InChI=1S/C12H19ClN2OS/c1-16-7-5-15(6-8-17-2)10-11-3-4-12(13)14-9-11/h3-4,9H,5-8,10H2,1-2H3. The third-order valence-electron chi connectivity index (χ3n) is 2.42. The zero-order chi connectivity index (χ0) is 12.5. The predicted octanol–water partition coefficient (Wildman–Crippen LogP) is 2.55. The van der Waals surface area contributed by atoms with E-state index in [0.717, 1.165) is 32.0 Å². The molecule has 0 fully saturated rings. The maximum absolute atomic E-state index is 5.77.